The second-order valence-corrected chi connectivity index (χ2v) is 6.27. The maximum Gasteiger partial charge on any atom is 0.283 e. The Bertz CT molecular complexity index is 836. The number of hydrogen-bond donors (Lipinski definition) is 1. The van der Waals surface area contributed by atoms with Gasteiger partial charge in [-0.2, -0.15) is 0 Å². The van der Waals surface area contributed by atoms with Gasteiger partial charge in [0, 0.05) is 16.8 Å². The molecule has 0 fully saturated rings. The molecule has 0 unspecified atom stereocenters. The molecule has 0 spiro atoms. The molecule has 2 amide bonds. The van der Waals surface area contributed by atoms with Crippen LogP contribution in [0.4, 0.5) is 5.69 Å². The number of hydrogen-bond acceptors (Lipinski definition) is 5. The third-order valence-corrected chi connectivity index (χ3v) is 4.69. The molecule has 0 bridgehead atoms. The summed E-state index contributed by atoms with van der Waals surface area (Å²) < 4.78 is 0. The molecule has 116 valence electrons. The van der Waals surface area contributed by atoms with Gasteiger partial charge < -0.3 is 0 Å². The van der Waals surface area contributed by atoms with Crippen LogP contribution in [0.3, 0.4) is 0 Å². The molecule has 1 aliphatic rings. The van der Waals surface area contributed by atoms with Gasteiger partial charge in [0.1, 0.15) is 0 Å². The van der Waals surface area contributed by atoms with Gasteiger partial charge in [0.15, 0.2) is 0 Å². The third-order valence-electron chi connectivity index (χ3n) is 3.32. The molecular formula is C15H9ClN2O4S. The first-order valence-electron chi connectivity index (χ1n) is 6.51. The summed E-state index contributed by atoms with van der Waals surface area (Å²) in [5.74, 6) is -0.664. The zero-order chi connectivity index (χ0) is 16.6. The lowest BCUT2D eigenvalue weighted by atomic mass is 10.1. The molecule has 8 heteroatoms. The lowest BCUT2D eigenvalue weighted by Gasteiger charge is -2.05. The van der Waals surface area contributed by atoms with Gasteiger partial charge in [-0.1, -0.05) is 23.7 Å². The van der Waals surface area contributed by atoms with Crippen molar-refractivity contribution in [2.45, 2.75) is 10.6 Å². The van der Waals surface area contributed by atoms with Crippen LogP contribution in [0, 0.1) is 10.1 Å². The first kappa shape index (κ1) is 15.5. The van der Waals surface area contributed by atoms with Crippen molar-refractivity contribution in [3.8, 4) is 0 Å². The molecule has 0 aromatic heterocycles. The minimum atomic E-state index is -0.609. The number of nitrogens with zero attached hydrogens (tertiary/aromatic N) is 1. The van der Waals surface area contributed by atoms with Crippen LogP contribution in [0.5, 0.6) is 0 Å². The summed E-state index contributed by atoms with van der Waals surface area (Å²) in [6.07, 6.45) is 0. The summed E-state index contributed by atoms with van der Waals surface area (Å²) in [4.78, 5) is 34.3. The summed E-state index contributed by atoms with van der Waals surface area (Å²) in [6.45, 7) is 0. The molecule has 2 aromatic rings. The Labute approximate surface area is 140 Å². The van der Waals surface area contributed by atoms with Crippen molar-refractivity contribution >= 4 is 40.9 Å². The highest BCUT2D eigenvalue weighted by Crippen LogP contribution is 2.35. The van der Waals surface area contributed by atoms with Gasteiger partial charge in [-0.15, -0.1) is 11.8 Å². The molecule has 0 saturated heterocycles. The van der Waals surface area contributed by atoms with Crippen molar-refractivity contribution in [1.82, 2.24) is 5.32 Å². The van der Waals surface area contributed by atoms with Crippen molar-refractivity contribution in [2.75, 3.05) is 0 Å². The predicted molar refractivity (Wildman–Crippen MR) is 85.9 cm³/mol. The second-order valence-electron chi connectivity index (χ2n) is 4.82. The molecule has 0 atom stereocenters. The van der Waals surface area contributed by atoms with Gasteiger partial charge in [0.25, 0.3) is 17.5 Å². The van der Waals surface area contributed by atoms with Crippen LogP contribution in [-0.2, 0) is 5.75 Å². The van der Waals surface area contributed by atoms with E-state index in [-0.39, 0.29) is 16.8 Å². The van der Waals surface area contributed by atoms with E-state index in [9.17, 15) is 19.7 Å². The Morgan fingerprint density at radius 1 is 1.09 bits per heavy atom. The van der Waals surface area contributed by atoms with Gasteiger partial charge in [-0.3, -0.25) is 25.0 Å². The number of nitro groups is 1. The molecule has 2 aromatic carbocycles. The number of rotatable bonds is 4. The highest BCUT2D eigenvalue weighted by Gasteiger charge is 2.31. The molecule has 23 heavy (non-hydrogen) atoms. The molecule has 1 heterocycles. The van der Waals surface area contributed by atoms with E-state index in [2.05, 4.69) is 5.32 Å². The predicted octanol–water partition coefficient (Wildman–Crippen LogP) is 3.42. The molecule has 6 nitrogen and oxygen atoms in total. The van der Waals surface area contributed by atoms with Crippen molar-refractivity contribution in [2.24, 2.45) is 0 Å². The average molecular weight is 349 g/mol. The minimum Gasteiger partial charge on any atom is -0.288 e. The van der Waals surface area contributed by atoms with E-state index >= 15 is 0 Å². The quantitative estimate of drug-likeness (QED) is 0.396. The van der Waals surface area contributed by atoms with Crippen molar-refractivity contribution in [3.05, 3.63) is 68.2 Å². The maximum atomic E-state index is 11.7. The number of nitro benzene ring substituents is 1. The zero-order valence-electron chi connectivity index (χ0n) is 11.5. The lowest BCUT2D eigenvalue weighted by molar-refractivity contribution is -0.387. The van der Waals surface area contributed by atoms with Crippen LogP contribution in [0.25, 0.3) is 0 Å². The fourth-order valence-corrected chi connectivity index (χ4v) is 3.31. The molecule has 3 rings (SSSR count). The summed E-state index contributed by atoms with van der Waals surface area (Å²) in [7, 11) is 0. The molecule has 1 aliphatic heterocycles. The van der Waals surface area contributed by atoms with Crippen LogP contribution < -0.4 is 5.32 Å². The third kappa shape index (κ3) is 3.06. The topological polar surface area (TPSA) is 89.3 Å². The van der Waals surface area contributed by atoms with E-state index in [4.69, 9.17) is 11.6 Å². The summed E-state index contributed by atoms with van der Waals surface area (Å²) >= 11 is 7.04. The molecule has 0 aliphatic carbocycles. The van der Waals surface area contributed by atoms with E-state index in [1.165, 1.54) is 17.8 Å². The molecule has 1 N–H and O–H groups in total. The smallest absolute Gasteiger partial charge is 0.283 e. The Hall–Kier alpha value is -2.38. The molecule has 0 saturated carbocycles. The van der Waals surface area contributed by atoms with Crippen LogP contribution in [0.2, 0.25) is 5.02 Å². The van der Waals surface area contributed by atoms with Gasteiger partial charge >= 0.3 is 0 Å². The first-order chi connectivity index (χ1) is 11.0. The van der Waals surface area contributed by atoms with Crippen molar-refractivity contribution in [1.29, 1.82) is 0 Å². The van der Waals surface area contributed by atoms with E-state index < -0.39 is 16.7 Å². The van der Waals surface area contributed by atoms with Gasteiger partial charge in [0.2, 0.25) is 0 Å². The number of carbonyl (C=O) groups excluding carboxylic acids is 2. The van der Waals surface area contributed by atoms with Crippen LogP contribution in [0.15, 0.2) is 41.3 Å². The largest absolute Gasteiger partial charge is 0.288 e. The Balaban J connectivity index is 1.93. The standard InChI is InChI=1S/C15H9ClN2O4S/c16-9-3-1-8(2-4-9)7-23-13-6-11-10(5-12(13)18(21)22)14(19)17-15(11)20/h1-6H,7H2,(H,17,19,20). The second kappa shape index (κ2) is 6.02. The van der Waals surface area contributed by atoms with Crippen LogP contribution in [-0.4, -0.2) is 16.7 Å². The Morgan fingerprint density at radius 2 is 1.70 bits per heavy atom. The maximum absolute atomic E-state index is 11.7. The number of benzene rings is 2. The number of carbonyl (C=O) groups is 2. The van der Waals surface area contributed by atoms with Gasteiger partial charge in [-0.25, -0.2) is 0 Å². The number of amides is 2. The van der Waals surface area contributed by atoms with Crippen molar-refractivity contribution < 1.29 is 14.5 Å². The van der Waals surface area contributed by atoms with Gasteiger partial charge in [-0.05, 0) is 23.8 Å². The van der Waals surface area contributed by atoms with Crippen LogP contribution in [0.1, 0.15) is 26.3 Å². The number of halogens is 1. The van der Waals surface area contributed by atoms with E-state index in [0.717, 1.165) is 11.6 Å². The summed E-state index contributed by atoms with van der Waals surface area (Å²) in [6, 6.07) is 9.67. The SMILES string of the molecule is O=C1NC(=O)c2cc([N+](=O)[O-])c(SCc3ccc(Cl)cc3)cc21. The lowest BCUT2D eigenvalue weighted by Crippen LogP contribution is -2.19. The minimum absolute atomic E-state index is 0.0394. The van der Waals surface area contributed by atoms with E-state index in [0.29, 0.717) is 15.7 Å². The van der Waals surface area contributed by atoms with Crippen LogP contribution >= 0.6 is 23.4 Å². The Kier molecular flexibility index (Phi) is 4.06. The number of imide groups is 1. The fraction of sp³-hybridized carbons (Fsp3) is 0.0667. The number of fused-ring (bicyclic) bond motifs is 1. The van der Waals surface area contributed by atoms with Gasteiger partial charge in [0.05, 0.1) is 20.9 Å². The van der Waals surface area contributed by atoms with E-state index in [1.54, 1.807) is 12.1 Å². The van der Waals surface area contributed by atoms with E-state index in [1.807, 2.05) is 12.1 Å². The molecular weight excluding hydrogens is 340 g/mol. The molecule has 0 radical (unpaired) electrons. The summed E-state index contributed by atoms with van der Waals surface area (Å²) in [5.41, 5.74) is 0.957. The monoisotopic (exact) mass is 348 g/mol. The average Bonchev–Trinajstić information content (AvgIpc) is 2.80. The summed E-state index contributed by atoms with van der Waals surface area (Å²) in [5, 5.41) is 14.0. The fourth-order valence-electron chi connectivity index (χ4n) is 2.18. The zero-order valence-corrected chi connectivity index (χ0v) is 13.1. The normalized spacial score (nSPS) is 12.9. The Morgan fingerprint density at radius 3 is 2.30 bits per heavy atom. The number of thioether (sulfide) groups is 1. The highest BCUT2D eigenvalue weighted by atomic mass is 35.5. The number of nitrogens with one attached hydrogen (secondary N) is 1. The van der Waals surface area contributed by atoms with Crippen molar-refractivity contribution in [3.63, 3.8) is 0 Å². The first-order valence-corrected chi connectivity index (χ1v) is 7.87. The highest BCUT2D eigenvalue weighted by molar-refractivity contribution is 7.98.